The van der Waals surface area contributed by atoms with Crippen LogP contribution in [0, 0.1) is 13.8 Å². The minimum Gasteiger partial charge on any atom is -0.494 e. The Hall–Kier alpha value is -4.33. The Morgan fingerprint density at radius 1 is 1.03 bits per heavy atom. The average Bonchev–Trinajstić information content (AvgIpc) is 3.26. The van der Waals surface area contributed by atoms with Gasteiger partial charge in [-0.25, -0.2) is 24.5 Å². The molecule has 0 aliphatic carbocycles. The van der Waals surface area contributed by atoms with E-state index in [1.165, 1.54) is 23.4 Å². The highest BCUT2D eigenvalue weighted by molar-refractivity contribution is 6.03. The van der Waals surface area contributed by atoms with Crippen LogP contribution in [0.1, 0.15) is 16.7 Å². The van der Waals surface area contributed by atoms with Gasteiger partial charge >= 0.3 is 0 Å². The number of imidazole rings is 1. The van der Waals surface area contributed by atoms with Gasteiger partial charge in [-0.05, 0) is 43.2 Å². The van der Waals surface area contributed by atoms with E-state index in [9.17, 15) is 9.90 Å². The fraction of sp³-hybridized carbons (Fsp3) is 0.0870. The maximum atomic E-state index is 13.2. The summed E-state index contributed by atoms with van der Waals surface area (Å²) in [6, 6.07) is 12.8. The number of nitrogens with zero attached hydrogens (tertiary/aromatic N) is 5. The molecule has 0 aliphatic heterocycles. The largest absolute Gasteiger partial charge is 0.494 e. The number of hydrogen-bond donors (Lipinski definition) is 2. The summed E-state index contributed by atoms with van der Waals surface area (Å²) in [5.74, 6) is 0.195. The van der Waals surface area contributed by atoms with Gasteiger partial charge in [0.2, 0.25) is 5.88 Å². The standard InChI is InChI=1S/C23H18N6O2/c1-13-7-8-15(9-14(13)2)29-22(30)17-6-4-3-5-16(17)18(23(29)31)10-24-20-19-21(26-11-25-19)28-12-27-20/h3-12,31H,1-2H3,(H,25,26,27,28). The van der Waals surface area contributed by atoms with Gasteiger partial charge in [0.25, 0.3) is 5.56 Å². The monoisotopic (exact) mass is 410 g/mol. The summed E-state index contributed by atoms with van der Waals surface area (Å²) < 4.78 is 1.31. The number of aromatic amines is 1. The summed E-state index contributed by atoms with van der Waals surface area (Å²) in [5.41, 5.74) is 3.91. The highest BCUT2D eigenvalue weighted by Gasteiger charge is 2.17. The van der Waals surface area contributed by atoms with Crippen molar-refractivity contribution in [1.82, 2.24) is 24.5 Å². The fourth-order valence-corrected chi connectivity index (χ4v) is 3.57. The molecule has 0 aliphatic rings. The van der Waals surface area contributed by atoms with Crippen molar-refractivity contribution >= 4 is 34.0 Å². The second-order valence-corrected chi connectivity index (χ2v) is 7.25. The molecule has 152 valence electrons. The van der Waals surface area contributed by atoms with Crippen molar-refractivity contribution in [2.24, 2.45) is 4.99 Å². The summed E-state index contributed by atoms with van der Waals surface area (Å²) in [6.07, 6.45) is 4.41. The van der Waals surface area contributed by atoms with Gasteiger partial charge < -0.3 is 10.1 Å². The lowest BCUT2D eigenvalue weighted by atomic mass is 10.1. The molecule has 0 bridgehead atoms. The molecule has 0 saturated heterocycles. The van der Waals surface area contributed by atoms with E-state index in [-0.39, 0.29) is 11.4 Å². The zero-order valence-electron chi connectivity index (χ0n) is 16.9. The van der Waals surface area contributed by atoms with Crippen LogP contribution in [0.15, 0.2) is 64.9 Å². The fourth-order valence-electron chi connectivity index (χ4n) is 3.57. The molecule has 3 aromatic heterocycles. The molecular weight excluding hydrogens is 392 g/mol. The van der Waals surface area contributed by atoms with Gasteiger partial charge in [-0.15, -0.1) is 0 Å². The number of nitrogens with one attached hydrogen (secondary N) is 1. The molecule has 5 aromatic rings. The van der Waals surface area contributed by atoms with Crippen molar-refractivity contribution in [2.45, 2.75) is 13.8 Å². The Kier molecular flexibility index (Phi) is 4.32. The van der Waals surface area contributed by atoms with Crippen molar-refractivity contribution in [2.75, 3.05) is 0 Å². The number of H-pyrrole nitrogens is 1. The first kappa shape index (κ1) is 18.7. The lowest BCUT2D eigenvalue weighted by Gasteiger charge is -2.14. The second kappa shape index (κ2) is 7.17. The predicted octanol–water partition coefficient (Wildman–Crippen LogP) is 3.73. The van der Waals surface area contributed by atoms with Gasteiger partial charge in [0.05, 0.1) is 17.6 Å². The Morgan fingerprint density at radius 2 is 1.84 bits per heavy atom. The van der Waals surface area contributed by atoms with Gasteiger partial charge in [0.15, 0.2) is 11.5 Å². The lowest BCUT2D eigenvalue weighted by Crippen LogP contribution is -2.20. The molecule has 3 heterocycles. The Labute approximate surface area is 176 Å². The van der Waals surface area contributed by atoms with Crippen LogP contribution >= 0.6 is 0 Å². The Bertz CT molecular complexity index is 1550. The number of aromatic nitrogens is 5. The Morgan fingerprint density at radius 3 is 2.65 bits per heavy atom. The van der Waals surface area contributed by atoms with Crippen molar-refractivity contribution in [3.63, 3.8) is 0 Å². The van der Waals surface area contributed by atoms with Crippen LogP contribution in [0.2, 0.25) is 0 Å². The molecule has 0 saturated carbocycles. The molecule has 0 amide bonds. The molecule has 2 N–H and O–H groups in total. The van der Waals surface area contributed by atoms with E-state index < -0.39 is 0 Å². The van der Waals surface area contributed by atoms with Crippen LogP contribution in [0.4, 0.5) is 5.82 Å². The number of aliphatic imine (C=N–C) groups is 1. The van der Waals surface area contributed by atoms with Crippen LogP contribution in [-0.4, -0.2) is 35.8 Å². The van der Waals surface area contributed by atoms with E-state index in [4.69, 9.17) is 0 Å². The van der Waals surface area contributed by atoms with Crippen LogP contribution in [0.3, 0.4) is 0 Å². The molecule has 31 heavy (non-hydrogen) atoms. The van der Waals surface area contributed by atoms with E-state index in [1.54, 1.807) is 18.2 Å². The van der Waals surface area contributed by atoms with Crippen molar-refractivity contribution in [1.29, 1.82) is 0 Å². The lowest BCUT2D eigenvalue weighted by molar-refractivity contribution is 0.436. The van der Waals surface area contributed by atoms with E-state index in [1.807, 2.05) is 38.1 Å². The zero-order chi connectivity index (χ0) is 21.5. The highest BCUT2D eigenvalue weighted by Crippen LogP contribution is 2.27. The summed E-state index contributed by atoms with van der Waals surface area (Å²) in [7, 11) is 0. The van der Waals surface area contributed by atoms with E-state index >= 15 is 0 Å². The summed E-state index contributed by atoms with van der Waals surface area (Å²) in [4.78, 5) is 33.0. The van der Waals surface area contributed by atoms with Crippen LogP contribution in [0.5, 0.6) is 5.88 Å². The first-order valence-electron chi connectivity index (χ1n) is 9.67. The summed E-state index contributed by atoms with van der Waals surface area (Å²) >= 11 is 0. The molecule has 8 heteroatoms. The average molecular weight is 410 g/mol. The number of hydrogen-bond acceptors (Lipinski definition) is 6. The van der Waals surface area contributed by atoms with Gasteiger partial charge in [0, 0.05) is 17.0 Å². The first-order valence-corrected chi connectivity index (χ1v) is 9.67. The predicted molar refractivity (Wildman–Crippen MR) is 120 cm³/mol. The number of rotatable bonds is 3. The summed E-state index contributed by atoms with van der Waals surface area (Å²) in [5, 5.41) is 12.2. The first-order chi connectivity index (χ1) is 15.0. The van der Waals surface area contributed by atoms with Crippen molar-refractivity contribution in [3.05, 3.63) is 82.2 Å². The van der Waals surface area contributed by atoms with E-state index in [0.29, 0.717) is 39.0 Å². The van der Waals surface area contributed by atoms with Gasteiger partial charge in [0.1, 0.15) is 11.8 Å². The second-order valence-electron chi connectivity index (χ2n) is 7.25. The topological polar surface area (TPSA) is 109 Å². The molecule has 0 spiro atoms. The third-order valence-electron chi connectivity index (χ3n) is 5.37. The quantitative estimate of drug-likeness (QED) is 0.441. The molecule has 0 unspecified atom stereocenters. The molecule has 8 nitrogen and oxygen atoms in total. The number of fused-ring (bicyclic) bond motifs is 2. The van der Waals surface area contributed by atoms with Gasteiger partial charge in [-0.2, -0.15) is 0 Å². The van der Waals surface area contributed by atoms with Crippen LogP contribution < -0.4 is 5.56 Å². The summed E-state index contributed by atoms with van der Waals surface area (Å²) in [6.45, 7) is 3.97. The molecule has 2 aromatic carbocycles. The maximum Gasteiger partial charge on any atom is 0.265 e. The number of aryl methyl sites for hydroxylation is 2. The molecule has 0 fully saturated rings. The third-order valence-corrected chi connectivity index (χ3v) is 5.37. The number of pyridine rings is 1. The maximum absolute atomic E-state index is 13.2. The van der Waals surface area contributed by atoms with Crippen LogP contribution in [0.25, 0.3) is 27.6 Å². The van der Waals surface area contributed by atoms with Crippen molar-refractivity contribution < 1.29 is 5.11 Å². The molecule has 0 atom stereocenters. The number of aromatic hydroxyl groups is 1. The zero-order valence-corrected chi connectivity index (χ0v) is 16.9. The highest BCUT2D eigenvalue weighted by atomic mass is 16.3. The van der Waals surface area contributed by atoms with E-state index in [0.717, 1.165) is 11.1 Å². The number of benzene rings is 2. The SMILES string of the molecule is Cc1ccc(-n2c(O)c(C=Nc3ncnc4nc[nH]c34)c3ccccc3c2=O)cc1C. The normalized spacial score (nSPS) is 11.7. The minimum atomic E-state index is -0.300. The Balaban J connectivity index is 1.77. The van der Waals surface area contributed by atoms with Crippen molar-refractivity contribution in [3.8, 4) is 11.6 Å². The van der Waals surface area contributed by atoms with E-state index in [2.05, 4.69) is 24.9 Å². The smallest absolute Gasteiger partial charge is 0.265 e. The molecule has 5 rings (SSSR count). The minimum absolute atomic E-state index is 0.189. The third kappa shape index (κ3) is 3.05. The van der Waals surface area contributed by atoms with Gasteiger partial charge in [-0.1, -0.05) is 24.3 Å². The molecular formula is C23H18N6O2. The molecule has 0 radical (unpaired) electrons. The van der Waals surface area contributed by atoms with Crippen LogP contribution in [-0.2, 0) is 0 Å². The van der Waals surface area contributed by atoms with Gasteiger partial charge in [-0.3, -0.25) is 4.79 Å².